The molecule has 2 fully saturated rings. The zero-order valence-corrected chi connectivity index (χ0v) is 19.6. The third-order valence-corrected chi connectivity index (χ3v) is 7.23. The Morgan fingerprint density at radius 3 is 2.82 bits per heavy atom. The number of amides is 2. The minimum absolute atomic E-state index is 0.0133. The minimum Gasteiger partial charge on any atom is -0.310 e. The lowest BCUT2D eigenvalue weighted by Gasteiger charge is -2.28. The molecule has 7 nitrogen and oxygen atoms in total. The number of pyridine rings is 1. The Balaban J connectivity index is 1.35. The van der Waals surface area contributed by atoms with Gasteiger partial charge in [-0.05, 0) is 49.3 Å². The van der Waals surface area contributed by atoms with E-state index in [4.69, 9.17) is 11.6 Å². The van der Waals surface area contributed by atoms with Crippen molar-refractivity contribution in [1.29, 1.82) is 0 Å². The third-order valence-electron chi connectivity index (χ3n) is 6.93. The lowest BCUT2D eigenvalue weighted by atomic mass is 9.91. The number of carbonyl (C=O) groups excluding carboxylic acids is 3. The summed E-state index contributed by atoms with van der Waals surface area (Å²) >= 11 is 5.90. The highest BCUT2D eigenvalue weighted by molar-refractivity contribution is 6.30. The molecule has 2 aliphatic rings. The predicted octanol–water partition coefficient (Wildman–Crippen LogP) is 4.92. The summed E-state index contributed by atoms with van der Waals surface area (Å²) in [5, 5.41) is 0.719. The van der Waals surface area contributed by atoms with Crippen LogP contribution in [0.5, 0.6) is 0 Å². The zero-order chi connectivity index (χ0) is 24.1. The van der Waals surface area contributed by atoms with Gasteiger partial charge in [-0.2, -0.15) is 0 Å². The third kappa shape index (κ3) is 3.86. The number of piperidine rings is 1. The van der Waals surface area contributed by atoms with E-state index in [1.165, 1.54) is 17.7 Å². The van der Waals surface area contributed by atoms with Crippen molar-refractivity contribution in [3.63, 3.8) is 0 Å². The largest absolute Gasteiger partial charge is 0.337 e. The Morgan fingerprint density at radius 1 is 1.26 bits per heavy atom. The molecule has 3 aromatic rings. The second-order valence-corrected chi connectivity index (χ2v) is 9.62. The highest BCUT2D eigenvalue weighted by atomic mass is 35.5. The van der Waals surface area contributed by atoms with Gasteiger partial charge in [0.2, 0.25) is 0 Å². The number of halogens is 2. The van der Waals surface area contributed by atoms with Crippen molar-refractivity contribution >= 4 is 40.1 Å². The Hall–Kier alpha value is -3.26. The number of Topliss-reactive ketones (excluding diaryl/α,β-unsaturated/α-hetero) is 2. The maximum Gasteiger partial charge on any atom is 0.337 e. The normalized spacial score (nSPS) is 21.9. The summed E-state index contributed by atoms with van der Waals surface area (Å²) in [6.07, 6.45) is 6.32. The van der Waals surface area contributed by atoms with Gasteiger partial charge in [-0.15, -0.1) is 0 Å². The van der Waals surface area contributed by atoms with Crippen LogP contribution >= 0.6 is 11.6 Å². The van der Waals surface area contributed by atoms with E-state index in [1.807, 2.05) is 0 Å². The van der Waals surface area contributed by atoms with Crippen LogP contribution in [0, 0.1) is 11.7 Å². The molecule has 1 saturated carbocycles. The fraction of sp³-hybridized carbons (Fsp3) is 0.360. The highest BCUT2D eigenvalue weighted by Gasteiger charge is 2.56. The number of rotatable bonds is 6. The predicted molar refractivity (Wildman–Crippen MR) is 126 cm³/mol. The van der Waals surface area contributed by atoms with E-state index in [0.717, 1.165) is 6.42 Å². The molecule has 3 heterocycles. The molecule has 34 heavy (non-hydrogen) atoms. The molecule has 1 aromatic carbocycles. The van der Waals surface area contributed by atoms with E-state index >= 15 is 0 Å². The number of hydrogen-bond donors (Lipinski definition) is 1. The number of ketones is 2. The van der Waals surface area contributed by atoms with Gasteiger partial charge in [0.15, 0.2) is 11.6 Å². The quantitative estimate of drug-likeness (QED) is 0.505. The van der Waals surface area contributed by atoms with E-state index in [2.05, 4.69) is 10.4 Å². The number of urea groups is 1. The van der Waals surface area contributed by atoms with Gasteiger partial charge >= 0.3 is 6.03 Å². The molecule has 1 aliphatic carbocycles. The van der Waals surface area contributed by atoms with Gasteiger partial charge in [-0.3, -0.25) is 19.2 Å². The van der Waals surface area contributed by atoms with E-state index in [-0.39, 0.29) is 35.0 Å². The van der Waals surface area contributed by atoms with Crippen molar-refractivity contribution in [3.05, 3.63) is 64.8 Å². The second kappa shape index (κ2) is 8.51. The van der Waals surface area contributed by atoms with Crippen LogP contribution in [0.3, 0.4) is 0 Å². The first-order valence-electron chi connectivity index (χ1n) is 11.3. The monoisotopic (exact) mass is 482 g/mol. The summed E-state index contributed by atoms with van der Waals surface area (Å²) in [5.41, 5.74) is 4.30. The molecule has 1 saturated heterocycles. The van der Waals surface area contributed by atoms with Gasteiger partial charge in [-0.25, -0.2) is 14.6 Å². The fourth-order valence-corrected chi connectivity index (χ4v) is 5.27. The Morgan fingerprint density at radius 2 is 2.06 bits per heavy atom. The van der Waals surface area contributed by atoms with Gasteiger partial charge in [0.1, 0.15) is 5.82 Å². The van der Waals surface area contributed by atoms with Crippen LogP contribution in [0.1, 0.15) is 54.9 Å². The van der Waals surface area contributed by atoms with Gasteiger partial charge < -0.3 is 4.90 Å². The zero-order valence-electron chi connectivity index (χ0n) is 18.8. The number of aromatic nitrogens is 2. The summed E-state index contributed by atoms with van der Waals surface area (Å²) in [4.78, 5) is 44.3. The number of likely N-dealkylation sites (tertiary alicyclic amines) is 1. The molecule has 2 amide bonds. The van der Waals surface area contributed by atoms with Crippen LogP contribution in [0.15, 0.2) is 42.9 Å². The van der Waals surface area contributed by atoms with Crippen molar-refractivity contribution in [3.8, 4) is 0 Å². The number of carbonyl (C=O) groups is 3. The van der Waals surface area contributed by atoms with Crippen LogP contribution in [-0.4, -0.2) is 44.2 Å². The van der Waals surface area contributed by atoms with Crippen molar-refractivity contribution in [2.75, 3.05) is 5.43 Å². The molecular formula is C25H24ClFN4O3. The Labute approximate surface area is 200 Å². The second-order valence-electron chi connectivity index (χ2n) is 9.22. The van der Waals surface area contributed by atoms with E-state index in [0.29, 0.717) is 34.4 Å². The van der Waals surface area contributed by atoms with Crippen molar-refractivity contribution in [1.82, 2.24) is 14.6 Å². The maximum absolute atomic E-state index is 14.4. The molecule has 176 valence electrons. The first kappa shape index (κ1) is 22.5. The number of nitrogens with zero attached hydrogens (tertiary/aromatic N) is 3. The lowest BCUT2D eigenvalue weighted by molar-refractivity contribution is -0.123. The van der Waals surface area contributed by atoms with Crippen LogP contribution in [0.2, 0.25) is 5.02 Å². The standard InChI is InChI=1S/C25H24ClFN4O3/c1-13(16-4-3-5-19(26)24(16)27)8-23(33)21-10-15-9-20(15)31(21)25(34)29-30-12-18(14(2)32)17-6-7-28-11-22(17)30/h3-7,11-13,15,20-21H,8-10H2,1-2H3,(H,29,34)/t13-,15+,20+,21-/m0/s1. The molecule has 2 aromatic heterocycles. The lowest BCUT2D eigenvalue weighted by Crippen LogP contribution is -2.47. The van der Waals surface area contributed by atoms with E-state index in [9.17, 15) is 18.8 Å². The number of benzene rings is 1. The molecule has 0 radical (unpaired) electrons. The first-order chi connectivity index (χ1) is 16.3. The average molecular weight is 483 g/mol. The molecule has 5 rings (SSSR count). The van der Waals surface area contributed by atoms with E-state index in [1.54, 1.807) is 48.6 Å². The Bertz CT molecular complexity index is 1320. The molecule has 1 N–H and O–H groups in total. The first-order valence-corrected chi connectivity index (χ1v) is 11.7. The topological polar surface area (TPSA) is 84.3 Å². The fourth-order valence-electron chi connectivity index (χ4n) is 5.09. The van der Waals surface area contributed by atoms with Gasteiger partial charge in [0, 0.05) is 35.8 Å². The summed E-state index contributed by atoms with van der Waals surface area (Å²) < 4.78 is 15.9. The SMILES string of the molecule is CC(=O)c1cn(NC(=O)N2[C@@H]3C[C@@H]3C[C@H]2C(=O)C[C@H](C)c2cccc(Cl)c2F)c2cnccc12. The molecule has 0 spiro atoms. The van der Waals surface area contributed by atoms with Crippen molar-refractivity contribution in [2.24, 2.45) is 5.92 Å². The number of hydrogen-bond acceptors (Lipinski definition) is 4. The van der Waals surface area contributed by atoms with Crippen LogP contribution < -0.4 is 5.43 Å². The summed E-state index contributed by atoms with van der Waals surface area (Å²) in [5.74, 6) is -0.803. The molecule has 4 atom stereocenters. The van der Waals surface area contributed by atoms with Gasteiger partial charge in [-0.1, -0.05) is 30.7 Å². The average Bonchev–Trinajstić information content (AvgIpc) is 3.30. The highest BCUT2D eigenvalue weighted by Crippen LogP contribution is 2.48. The number of nitrogens with one attached hydrogen (secondary N) is 1. The molecule has 0 bridgehead atoms. The molecule has 1 aliphatic heterocycles. The summed E-state index contributed by atoms with van der Waals surface area (Å²) in [6, 6.07) is 5.54. The van der Waals surface area contributed by atoms with Crippen LogP contribution in [0.25, 0.3) is 10.9 Å². The van der Waals surface area contributed by atoms with Crippen molar-refractivity contribution < 1.29 is 18.8 Å². The van der Waals surface area contributed by atoms with Gasteiger partial charge in [0.25, 0.3) is 0 Å². The smallest absolute Gasteiger partial charge is 0.310 e. The van der Waals surface area contributed by atoms with Crippen molar-refractivity contribution in [2.45, 2.75) is 51.1 Å². The maximum atomic E-state index is 14.4. The number of fused-ring (bicyclic) bond motifs is 2. The Kier molecular flexibility index (Phi) is 5.64. The summed E-state index contributed by atoms with van der Waals surface area (Å²) in [7, 11) is 0. The van der Waals surface area contributed by atoms with E-state index < -0.39 is 17.9 Å². The molecular weight excluding hydrogens is 459 g/mol. The van der Waals surface area contributed by atoms with Crippen LogP contribution in [0.4, 0.5) is 9.18 Å². The summed E-state index contributed by atoms with van der Waals surface area (Å²) in [6.45, 7) is 3.25. The molecule has 9 heteroatoms. The molecule has 0 unspecified atom stereocenters. The minimum atomic E-state index is -0.569. The van der Waals surface area contributed by atoms with Crippen LogP contribution in [-0.2, 0) is 4.79 Å². The van der Waals surface area contributed by atoms with Gasteiger partial charge in [0.05, 0.1) is 22.8 Å².